The number of sulfonamides is 1. The third kappa shape index (κ3) is 3.00. The second-order valence-corrected chi connectivity index (χ2v) is 5.90. The maximum Gasteiger partial charge on any atom is 0.263 e. The second kappa shape index (κ2) is 5.26. The van der Waals surface area contributed by atoms with Crippen LogP contribution in [0.1, 0.15) is 0 Å². The largest absolute Gasteiger partial charge is 0.505 e. The molecule has 106 valence electrons. The molecule has 8 heteroatoms. The van der Waals surface area contributed by atoms with Crippen molar-refractivity contribution in [2.24, 2.45) is 0 Å². The SMILES string of the molecule is O=S(=O)(Nc1ccc(O)c(F)c1)c1cc(F)ccc1Cl. The minimum Gasteiger partial charge on any atom is -0.505 e. The molecule has 0 spiro atoms. The zero-order valence-corrected chi connectivity index (χ0v) is 11.3. The van der Waals surface area contributed by atoms with Gasteiger partial charge in [-0.15, -0.1) is 0 Å². The average molecular weight is 320 g/mol. The molecule has 2 rings (SSSR count). The standard InChI is InChI=1S/C12H8ClF2NO3S/c13-9-3-1-7(14)5-12(9)20(18,19)16-8-2-4-11(17)10(15)6-8/h1-6,16-17H. The van der Waals surface area contributed by atoms with E-state index in [0.717, 1.165) is 36.4 Å². The average Bonchev–Trinajstić information content (AvgIpc) is 2.36. The normalized spacial score (nSPS) is 11.3. The number of phenolic OH excluding ortho intramolecular Hbond substituents is 1. The first-order chi connectivity index (χ1) is 9.29. The van der Waals surface area contributed by atoms with Crippen molar-refractivity contribution in [2.45, 2.75) is 4.90 Å². The molecule has 2 N–H and O–H groups in total. The van der Waals surface area contributed by atoms with Gasteiger partial charge in [0.15, 0.2) is 11.6 Å². The molecule has 2 aromatic rings. The molecule has 20 heavy (non-hydrogen) atoms. The topological polar surface area (TPSA) is 66.4 Å². The number of phenols is 1. The summed E-state index contributed by atoms with van der Waals surface area (Å²) < 4.78 is 52.3. The monoisotopic (exact) mass is 319 g/mol. The Balaban J connectivity index is 2.40. The highest BCUT2D eigenvalue weighted by Gasteiger charge is 2.19. The summed E-state index contributed by atoms with van der Waals surface area (Å²) in [6, 6.07) is 5.80. The fraction of sp³-hybridized carbons (Fsp3) is 0. The molecule has 0 unspecified atom stereocenters. The van der Waals surface area contributed by atoms with Crippen LogP contribution in [0, 0.1) is 11.6 Å². The van der Waals surface area contributed by atoms with Crippen LogP contribution in [-0.4, -0.2) is 13.5 Å². The van der Waals surface area contributed by atoms with Gasteiger partial charge in [0.25, 0.3) is 10.0 Å². The zero-order chi connectivity index (χ0) is 14.9. The number of halogens is 3. The van der Waals surface area contributed by atoms with E-state index in [1.807, 2.05) is 4.72 Å². The van der Waals surface area contributed by atoms with Gasteiger partial charge in [0.2, 0.25) is 0 Å². The summed E-state index contributed by atoms with van der Waals surface area (Å²) in [6.07, 6.45) is 0. The van der Waals surface area contributed by atoms with Crippen molar-refractivity contribution in [2.75, 3.05) is 4.72 Å². The molecule has 0 fully saturated rings. The van der Waals surface area contributed by atoms with Crippen molar-refractivity contribution < 1.29 is 22.3 Å². The van der Waals surface area contributed by atoms with Crippen LogP contribution < -0.4 is 4.72 Å². The first-order valence-corrected chi connectivity index (χ1v) is 7.12. The number of anilines is 1. The van der Waals surface area contributed by atoms with E-state index >= 15 is 0 Å². The highest BCUT2D eigenvalue weighted by molar-refractivity contribution is 7.92. The Labute approximate surface area is 118 Å². The van der Waals surface area contributed by atoms with Crippen molar-refractivity contribution >= 4 is 27.3 Å². The summed E-state index contributed by atoms with van der Waals surface area (Å²) in [5.41, 5.74) is -0.124. The Morgan fingerprint density at radius 1 is 1.10 bits per heavy atom. The molecule has 0 saturated heterocycles. The van der Waals surface area contributed by atoms with Gasteiger partial charge in [0.05, 0.1) is 10.7 Å². The lowest BCUT2D eigenvalue weighted by atomic mass is 10.3. The van der Waals surface area contributed by atoms with E-state index in [1.54, 1.807) is 0 Å². The molecule has 2 aromatic carbocycles. The van der Waals surface area contributed by atoms with Crippen molar-refractivity contribution in [3.63, 3.8) is 0 Å². The zero-order valence-electron chi connectivity index (χ0n) is 9.77. The van der Waals surface area contributed by atoms with E-state index in [-0.39, 0.29) is 10.7 Å². The van der Waals surface area contributed by atoms with Gasteiger partial charge in [0.1, 0.15) is 10.7 Å². The van der Waals surface area contributed by atoms with Gasteiger partial charge < -0.3 is 5.11 Å². The Morgan fingerprint density at radius 3 is 2.45 bits per heavy atom. The molecule has 0 aliphatic carbocycles. The van der Waals surface area contributed by atoms with Crippen molar-refractivity contribution in [1.29, 1.82) is 0 Å². The Bertz CT molecular complexity index is 765. The van der Waals surface area contributed by atoms with Gasteiger partial charge in [-0.1, -0.05) is 11.6 Å². The van der Waals surface area contributed by atoms with Gasteiger partial charge >= 0.3 is 0 Å². The molecule has 0 atom stereocenters. The smallest absolute Gasteiger partial charge is 0.263 e. The maximum absolute atomic E-state index is 13.1. The molecule has 0 saturated carbocycles. The first-order valence-electron chi connectivity index (χ1n) is 5.26. The van der Waals surface area contributed by atoms with E-state index in [9.17, 15) is 17.2 Å². The maximum atomic E-state index is 13.1. The predicted octanol–water partition coefficient (Wildman–Crippen LogP) is 3.12. The summed E-state index contributed by atoms with van der Waals surface area (Å²) in [5.74, 6) is -2.38. The Kier molecular flexibility index (Phi) is 3.82. The van der Waals surface area contributed by atoms with E-state index in [4.69, 9.17) is 16.7 Å². The van der Waals surface area contributed by atoms with Gasteiger partial charge in [-0.25, -0.2) is 17.2 Å². The van der Waals surface area contributed by atoms with Gasteiger partial charge in [0, 0.05) is 6.07 Å². The van der Waals surface area contributed by atoms with Crippen LogP contribution in [0.2, 0.25) is 5.02 Å². The number of nitrogens with one attached hydrogen (secondary N) is 1. The first kappa shape index (κ1) is 14.5. The quantitative estimate of drug-likeness (QED) is 0.854. The molecule has 0 heterocycles. The van der Waals surface area contributed by atoms with Crippen LogP contribution in [0.4, 0.5) is 14.5 Å². The summed E-state index contributed by atoms with van der Waals surface area (Å²) in [4.78, 5) is -0.465. The lowest BCUT2D eigenvalue weighted by molar-refractivity contribution is 0.432. The lowest BCUT2D eigenvalue weighted by Crippen LogP contribution is -2.13. The minimum absolute atomic E-state index is 0.124. The van der Waals surface area contributed by atoms with Crippen LogP contribution in [0.25, 0.3) is 0 Å². The Morgan fingerprint density at radius 2 is 1.80 bits per heavy atom. The van der Waals surface area contributed by atoms with Crippen molar-refractivity contribution in [3.8, 4) is 5.75 Å². The van der Waals surface area contributed by atoms with Crippen LogP contribution in [0.3, 0.4) is 0 Å². The minimum atomic E-state index is -4.17. The summed E-state index contributed by atoms with van der Waals surface area (Å²) in [7, 11) is -4.17. The molecule has 0 radical (unpaired) electrons. The molecular weight excluding hydrogens is 312 g/mol. The van der Waals surface area contributed by atoms with E-state index in [0.29, 0.717) is 0 Å². The van der Waals surface area contributed by atoms with Crippen molar-refractivity contribution in [1.82, 2.24) is 0 Å². The number of benzene rings is 2. The van der Waals surface area contributed by atoms with Gasteiger partial charge in [-0.05, 0) is 30.3 Å². The second-order valence-electron chi connectivity index (χ2n) is 3.85. The Hall–Kier alpha value is -1.86. The van der Waals surface area contributed by atoms with Crippen LogP contribution in [0.5, 0.6) is 5.75 Å². The third-order valence-electron chi connectivity index (χ3n) is 2.38. The number of hydrogen-bond acceptors (Lipinski definition) is 3. The van der Waals surface area contributed by atoms with Crippen LogP contribution >= 0.6 is 11.6 Å². The molecule has 0 aliphatic rings. The number of rotatable bonds is 3. The highest BCUT2D eigenvalue weighted by Crippen LogP contribution is 2.26. The van der Waals surface area contributed by atoms with E-state index in [1.165, 1.54) is 0 Å². The summed E-state index contributed by atoms with van der Waals surface area (Å²) >= 11 is 5.70. The van der Waals surface area contributed by atoms with E-state index in [2.05, 4.69) is 0 Å². The number of aromatic hydroxyl groups is 1. The molecule has 0 amide bonds. The lowest BCUT2D eigenvalue weighted by Gasteiger charge is -2.10. The third-order valence-corrected chi connectivity index (χ3v) is 4.25. The summed E-state index contributed by atoms with van der Waals surface area (Å²) in [5, 5.41) is 8.85. The molecule has 4 nitrogen and oxygen atoms in total. The molecule has 0 aliphatic heterocycles. The fourth-order valence-corrected chi connectivity index (χ4v) is 3.03. The van der Waals surface area contributed by atoms with Crippen molar-refractivity contribution in [3.05, 3.63) is 53.1 Å². The van der Waals surface area contributed by atoms with Gasteiger partial charge in [-0.2, -0.15) is 0 Å². The molecule has 0 aromatic heterocycles. The molecule has 0 bridgehead atoms. The number of hydrogen-bond donors (Lipinski definition) is 2. The van der Waals surface area contributed by atoms with Crippen LogP contribution in [-0.2, 0) is 10.0 Å². The highest BCUT2D eigenvalue weighted by atomic mass is 35.5. The summed E-state index contributed by atoms with van der Waals surface area (Å²) in [6.45, 7) is 0. The van der Waals surface area contributed by atoms with E-state index < -0.39 is 32.3 Å². The molecular formula is C12H8ClF2NO3S. The fourth-order valence-electron chi connectivity index (χ4n) is 1.46. The predicted molar refractivity (Wildman–Crippen MR) is 70.3 cm³/mol. The van der Waals surface area contributed by atoms with Crippen LogP contribution in [0.15, 0.2) is 41.3 Å². The van der Waals surface area contributed by atoms with Gasteiger partial charge in [-0.3, -0.25) is 4.72 Å².